The zero-order valence-corrected chi connectivity index (χ0v) is 19.5. The van der Waals surface area contributed by atoms with E-state index in [1.807, 2.05) is 48.5 Å². The van der Waals surface area contributed by atoms with Crippen LogP contribution in [0.15, 0.2) is 60.7 Å². The Kier molecular flexibility index (Phi) is 7.08. The molecule has 0 aliphatic carbocycles. The van der Waals surface area contributed by atoms with Gasteiger partial charge in [0.15, 0.2) is 0 Å². The quantitative estimate of drug-likeness (QED) is 0.531. The number of nitrogens with zero attached hydrogens (tertiary/aromatic N) is 2. The standard InChI is InChI=1S/C25H28ClN3OS/c1-3-19-17-21(25(31-19)27-24(30)18-9-5-4-6-10-18)23(20-11-7-8-12-22(20)26)29-15-13-28(2)14-16-29/h4-12,17,23H,3,13-16H2,1-2H3,(H,27,30)/t23-/m0/s1. The van der Waals surface area contributed by atoms with Crippen LogP contribution in [0.25, 0.3) is 0 Å². The lowest BCUT2D eigenvalue weighted by Crippen LogP contribution is -2.46. The summed E-state index contributed by atoms with van der Waals surface area (Å²) < 4.78 is 0. The second-order valence-electron chi connectivity index (χ2n) is 7.93. The molecule has 2 heterocycles. The van der Waals surface area contributed by atoms with E-state index in [1.165, 1.54) is 4.88 Å². The Morgan fingerprint density at radius 3 is 2.39 bits per heavy atom. The van der Waals surface area contributed by atoms with E-state index in [2.05, 4.69) is 41.2 Å². The van der Waals surface area contributed by atoms with Crippen molar-refractivity contribution in [3.05, 3.63) is 87.3 Å². The monoisotopic (exact) mass is 453 g/mol. The predicted octanol–water partition coefficient (Wildman–Crippen LogP) is 5.55. The third-order valence-electron chi connectivity index (χ3n) is 5.82. The molecule has 1 N–H and O–H groups in total. The van der Waals surface area contributed by atoms with Gasteiger partial charge in [0.25, 0.3) is 5.91 Å². The summed E-state index contributed by atoms with van der Waals surface area (Å²) in [5.74, 6) is -0.0809. The second kappa shape index (κ2) is 9.96. The number of piperazine rings is 1. The highest BCUT2D eigenvalue weighted by molar-refractivity contribution is 7.16. The topological polar surface area (TPSA) is 35.6 Å². The highest BCUT2D eigenvalue weighted by atomic mass is 35.5. The van der Waals surface area contributed by atoms with Gasteiger partial charge in [-0.05, 0) is 43.3 Å². The Labute approximate surface area is 193 Å². The maximum atomic E-state index is 13.0. The highest BCUT2D eigenvalue weighted by Gasteiger charge is 2.30. The summed E-state index contributed by atoms with van der Waals surface area (Å²) in [6.45, 7) is 6.08. The summed E-state index contributed by atoms with van der Waals surface area (Å²) in [6.07, 6.45) is 0.927. The number of benzene rings is 2. The molecule has 1 fully saturated rings. The molecule has 1 aromatic heterocycles. The number of amides is 1. The summed E-state index contributed by atoms with van der Waals surface area (Å²) in [6, 6.07) is 19.7. The van der Waals surface area contributed by atoms with Crippen LogP contribution in [0.5, 0.6) is 0 Å². The van der Waals surface area contributed by atoms with Gasteiger partial charge in [0.05, 0.1) is 6.04 Å². The number of carbonyl (C=O) groups is 1. The Morgan fingerprint density at radius 1 is 1.03 bits per heavy atom. The van der Waals surface area contributed by atoms with Gasteiger partial charge in [-0.15, -0.1) is 11.3 Å². The van der Waals surface area contributed by atoms with Gasteiger partial charge >= 0.3 is 0 Å². The van der Waals surface area contributed by atoms with Crippen molar-refractivity contribution in [2.24, 2.45) is 0 Å². The van der Waals surface area contributed by atoms with Crippen molar-refractivity contribution in [3.8, 4) is 0 Å². The first-order chi connectivity index (χ1) is 15.1. The van der Waals surface area contributed by atoms with E-state index in [9.17, 15) is 4.79 Å². The molecule has 0 saturated carbocycles. The van der Waals surface area contributed by atoms with E-state index < -0.39 is 0 Å². The van der Waals surface area contributed by atoms with Crippen LogP contribution in [0.3, 0.4) is 0 Å². The number of thiophene rings is 1. The third kappa shape index (κ3) is 5.01. The fraction of sp³-hybridized carbons (Fsp3) is 0.320. The maximum Gasteiger partial charge on any atom is 0.256 e. The lowest BCUT2D eigenvalue weighted by molar-refractivity contribution is 0.102. The van der Waals surface area contributed by atoms with Crippen molar-refractivity contribution in [1.29, 1.82) is 0 Å². The van der Waals surface area contributed by atoms with Gasteiger partial charge in [-0.2, -0.15) is 0 Å². The molecule has 1 aliphatic heterocycles. The first-order valence-corrected chi connectivity index (χ1v) is 11.9. The van der Waals surface area contributed by atoms with Crippen molar-refractivity contribution in [2.75, 3.05) is 38.5 Å². The van der Waals surface area contributed by atoms with Gasteiger partial charge in [-0.1, -0.05) is 54.9 Å². The van der Waals surface area contributed by atoms with Crippen LogP contribution in [0.4, 0.5) is 5.00 Å². The van der Waals surface area contributed by atoms with E-state index in [0.717, 1.165) is 53.8 Å². The maximum absolute atomic E-state index is 13.0. The smallest absolute Gasteiger partial charge is 0.256 e. The van der Waals surface area contributed by atoms with E-state index >= 15 is 0 Å². The van der Waals surface area contributed by atoms with Crippen LogP contribution in [0.1, 0.15) is 39.3 Å². The zero-order chi connectivity index (χ0) is 21.8. The van der Waals surface area contributed by atoms with E-state index in [1.54, 1.807) is 11.3 Å². The van der Waals surface area contributed by atoms with Gasteiger partial charge in [-0.3, -0.25) is 9.69 Å². The van der Waals surface area contributed by atoms with Crippen LogP contribution in [-0.4, -0.2) is 48.9 Å². The summed E-state index contributed by atoms with van der Waals surface area (Å²) in [7, 11) is 2.16. The summed E-state index contributed by atoms with van der Waals surface area (Å²) in [4.78, 5) is 19.1. The molecule has 0 radical (unpaired) electrons. The molecule has 0 bridgehead atoms. The molecule has 2 aromatic carbocycles. The number of aryl methyl sites for hydroxylation is 1. The highest BCUT2D eigenvalue weighted by Crippen LogP contribution is 2.41. The van der Waals surface area contributed by atoms with E-state index in [4.69, 9.17) is 11.6 Å². The number of rotatable bonds is 6. The number of hydrogen-bond donors (Lipinski definition) is 1. The van der Waals surface area contributed by atoms with E-state index in [0.29, 0.717) is 5.56 Å². The van der Waals surface area contributed by atoms with Crippen molar-refractivity contribution >= 4 is 33.8 Å². The Balaban J connectivity index is 1.75. The largest absolute Gasteiger partial charge is 0.313 e. The number of carbonyl (C=O) groups excluding carboxylic acids is 1. The SMILES string of the molecule is CCc1cc([C@H](c2ccccc2Cl)N2CCN(C)CC2)c(NC(=O)c2ccccc2)s1. The average Bonchev–Trinajstić information content (AvgIpc) is 3.19. The molecule has 31 heavy (non-hydrogen) atoms. The Hall–Kier alpha value is -2.18. The fourth-order valence-electron chi connectivity index (χ4n) is 4.04. The number of halogens is 1. The summed E-state index contributed by atoms with van der Waals surface area (Å²) >= 11 is 8.35. The van der Waals surface area contributed by atoms with Crippen LogP contribution < -0.4 is 5.32 Å². The molecule has 1 aliphatic rings. The average molecular weight is 454 g/mol. The lowest BCUT2D eigenvalue weighted by atomic mass is 9.97. The Bertz CT molecular complexity index is 1030. The molecule has 1 saturated heterocycles. The first-order valence-electron chi connectivity index (χ1n) is 10.7. The fourth-order valence-corrected chi connectivity index (χ4v) is 5.30. The Morgan fingerprint density at radius 2 is 1.71 bits per heavy atom. The van der Waals surface area contributed by atoms with Crippen molar-refractivity contribution in [3.63, 3.8) is 0 Å². The van der Waals surface area contributed by atoms with Gasteiger partial charge in [0.2, 0.25) is 0 Å². The molecule has 1 amide bonds. The number of likely N-dealkylation sites (N-methyl/N-ethyl adjacent to an activating group) is 1. The normalized spacial score (nSPS) is 16.2. The first kappa shape index (κ1) is 22.0. The van der Waals surface area contributed by atoms with Gasteiger partial charge in [-0.25, -0.2) is 0 Å². The molecule has 162 valence electrons. The molecule has 4 rings (SSSR count). The van der Waals surface area contributed by atoms with Gasteiger partial charge in [0, 0.05) is 47.2 Å². The molecule has 0 spiro atoms. The number of nitrogens with one attached hydrogen (secondary N) is 1. The molecule has 6 heteroatoms. The molecule has 1 atom stereocenters. The van der Waals surface area contributed by atoms with Crippen LogP contribution in [0, 0.1) is 0 Å². The van der Waals surface area contributed by atoms with Crippen molar-refractivity contribution in [1.82, 2.24) is 9.80 Å². The van der Waals surface area contributed by atoms with Crippen LogP contribution >= 0.6 is 22.9 Å². The summed E-state index contributed by atoms with van der Waals surface area (Å²) in [5, 5.41) is 4.87. The molecule has 3 aromatic rings. The molecule has 4 nitrogen and oxygen atoms in total. The minimum Gasteiger partial charge on any atom is -0.313 e. The molecular weight excluding hydrogens is 426 g/mol. The lowest BCUT2D eigenvalue weighted by Gasteiger charge is -2.38. The van der Waals surface area contributed by atoms with Crippen molar-refractivity contribution < 1.29 is 4.79 Å². The predicted molar refractivity (Wildman–Crippen MR) is 130 cm³/mol. The van der Waals surface area contributed by atoms with Crippen LogP contribution in [-0.2, 0) is 6.42 Å². The van der Waals surface area contributed by atoms with Crippen molar-refractivity contribution in [2.45, 2.75) is 19.4 Å². The molecular formula is C25H28ClN3OS. The zero-order valence-electron chi connectivity index (χ0n) is 18.0. The third-order valence-corrected chi connectivity index (χ3v) is 7.38. The number of hydrogen-bond acceptors (Lipinski definition) is 4. The second-order valence-corrected chi connectivity index (χ2v) is 9.48. The summed E-state index contributed by atoms with van der Waals surface area (Å²) in [5.41, 5.74) is 2.88. The van der Waals surface area contributed by atoms with E-state index in [-0.39, 0.29) is 11.9 Å². The number of anilines is 1. The molecule has 0 unspecified atom stereocenters. The van der Waals surface area contributed by atoms with Gasteiger partial charge < -0.3 is 10.2 Å². The van der Waals surface area contributed by atoms with Crippen LogP contribution in [0.2, 0.25) is 5.02 Å². The van der Waals surface area contributed by atoms with Gasteiger partial charge in [0.1, 0.15) is 5.00 Å². The minimum absolute atomic E-state index is 0.00465. The minimum atomic E-state index is -0.0809.